The Morgan fingerprint density at radius 2 is 0.657 bits per heavy atom. The molecule has 0 aliphatic carbocycles. The minimum atomic E-state index is -3.19. The molecule has 0 aliphatic heterocycles. The van der Waals surface area contributed by atoms with E-state index in [1.807, 2.05) is 48.8 Å². The number of carbonyl (C=O) groups excluding carboxylic acids is 1. The molecule has 2 aromatic heterocycles. The van der Waals surface area contributed by atoms with Crippen LogP contribution < -0.4 is 35.2 Å². The molecule has 0 saturated carbocycles. The molecule has 1 radical (unpaired) electrons. The van der Waals surface area contributed by atoms with E-state index < -0.39 is 26.5 Å². The second-order valence-electron chi connectivity index (χ2n) is 16.5. The molecule has 2 heterocycles. The quantitative estimate of drug-likeness (QED) is 0.0609. The van der Waals surface area contributed by atoms with Gasteiger partial charge in [0, 0.05) is 26.2 Å². The number of hydrogen-bond acceptors (Lipinski definition) is 4. The number of rotatable bonds is 11. The number of aliphatic hydroxyl groups excluding tert-OH is 1. The van der Waals surface area contributed by atoms with Crippen molar-refractivity contribution in [3.8, 4) is 22.5 Å². The first kappa shape index (κ1) is 50.9. The van der Waals surface area contributed by atoms with Crippen LogP contribution in [0.1, 0.15) is 13.8 Å². The number of aromatic nitrogens is 2. The molecule has 0 spiro atoms. The molecule has 345 valence electrons. The van der Waals surface area contributed by atoms with E-state index in [0.29, 0.717) is 0 Å². The molecule has 10 aromatic rings. The second-order valence-corrected chi connectivity index (χ2v) is 32.5. The third kappa shape index (κ3) is 11.7. The number of hydrogen-bond donors (Lipinski definition) is 1. The fraction of sp³-hybridized carbons (Fsp3) is 0.0317. The molecule has 4 nitrogen and oxygen atoms in total. The van der Waals surface area contributed by atoms with Gasteiger partial charge >= 0.3 is 373 Å². The van der Waals surface area contributed by atoms with Gasteiger partial charge in [-0.15, -0.1) is 0 Å². The van der Waals surface area contributed by atoms with Gasteiger partial charge in [-0.1, -0.05) is 0 Å². The summed E-state index contributed by atoms with van der Waals surface area (Å²) < 4.78 is 11.2. The maximum atomic E-state index is 10.0. The van der Waals surface area contributed by atoms with Gasteiger partial charge in [0.1, 0.15) is 0 Å². The van der Waals surface area contributed by atoms with E-state index in [-0.39, 0.29) is 31.6 Å². The van der Waals surface area contributed by atoms with Gasteiger partial charge in [-0.2, -0.15) is 0 Å². The summed E-state index contributed by atoms with van der Waals surface area (Å²) in [6.07, 6.45) is 4.83. The van der Waals surface area contributed by atoms with Crippen molar-refractivity contribution in [3.05, 3.63) is 291 Å². The van der Waals surface area contributed by atoms with Gasteiger partial charge in [-0.05, 0) is 13.8 Å². The zero-order chi connectivity index (χ0) is 47.7. The van der Waals surface area contributed by atoms with Crippen LogP contribution in [0.25, 0.3) is 22.5 Å². The molecule has 0 atom stereocenters. The number of ketones is 1. The van der Waals surface area contributed by atoms with Crippen LogP contribution in [0, 0.1) is 12.1 Å². The molecule has 7 heteroatoms. The predicted molar refractivity (Wildman–Crippen MR) is 291 cm³/mol. The van der Waals surface area contributed by atoms with Gasteiger partial charge in [0.15, 0.2) is 5.78 Å². The van der Waals surface area contributed by atoms with Crippen molar-refractivity contribution in [3.63, 3.8) is 0 Å². The van der Waals surface area contributed by atoms with E-state index in [1.165, 1.54) is 55.1 Å². The monoisotopic (exact) mass is 1210 g/mol. The Labute approximate surface area is 431 Å². The molecule has 0 unspecified atom stereocenters. The Hall–Kier alpha value is -6.99. The number of nitrogens with zero attached hydrogens (tertiary/aromatic N) is 2. The number of aliphatic hydroxyl groups is 1. The molecule has 10 rings (SSSR count). The number of allylic oxidation sites excluding steroid dienone is 2. The number of carbonyl (C=O) groups is 1. The zero-order valence-corrected chi connectivity index (χ0v) is 45.7. The molecule has 0 aliphatic rings. The van der Waals surface area contributed by atoms with Gasteiger partial charge < -0.3 is 5.11 Å². The van der Waals surface area contributed by atoms with Crippen molar-refractivity contribution in [1.29, 1.82) is 0 Å². The Kier molecular flexibility index (Phi) is 18.2. The Bertz CT molecular complexity index is 2750. The van der Waals surface area contributed by atoms with Gasteiger partial charge in [0.05, 0.1) is 5.76 Å². The third-order valence-corrected chi connectivity index (χ3v) is 32.1. The summed E-state index contributed by atoms with van der Waals surface area (Å²) >= 11 is -6.37. The van der Waals surface area contributed by atoms with Crippen LogP contribution in [0.15, 0.2) is 279 Å². The third-order valence-electron chi connectivity index (χ3n) is 12.0. The first-order valence-corrected chi connectivity index (χ1v) is 31.4. The van der Waals surface area contributed by atoms with E-state index >= 15 is 0 Å². The summed E-state index contributed by atoms with van der Waals surface area (Å²) in [5.74, 6) is -0.0625. The number of benzene rings is 8. The summed E-state index contributed by atoms with van der Waals surface area (Å²) in [6, 6.07) is 98.5. The fourth-order valence-electron chi connectivity index (χ4n) is 9.10. The van der Waals surface area contributed by atoms with Gasteiger partial charge in [-0.25, -0.2) is 0 Å². The second kappa shape index (κ2) is 25.0. The first-order chi connectivity index (χ1) is 33.9. The summed E-state index contributed by atoms with van der Waals surface area (Å²) in [5, 5.41) is 8.36. The van der Waals surface area contributed by atoms with Gasteiger partial charge in [-0.3, -0.25) is 4.79 Å². The molecule has 1 N–H and O–H groups in total. The topological polar surface area (TPSA) is 63.1 Å². The Morgan fingerprint density at radius 3 is 0.843 bits per heavy atom. The Morgan fingerprint density at radius 1 is 0.386 bits per heavy atom. The molecule has 8 aromatic carbocycles. The van der Waals surface area contributed by atoms with Crippen molar-refractivity contribution in [2.24, 2.45) is 0 Å². The van der Waals surface area contributed by atoms with Crippen LogP contribution in [0.4, 0.5) is 0 Å². The SMILES string of the molecule is CC(=O)/C=C(/C)O.[Ir].[c-]1c[c]([Ge]([c]2ccccc2)([c]2ccccc2)[c]2ccccc2)ccc1-c1ccccn1.[c-]1c[c]([Ge]([c]2ccccc2)([c]2ccccc2)[c]2ccccc2)ccc1-c1ccccn1. The maximum absolute atomic E-state index is 10.0. The van der Waals surface area contributed by atoms with E-state index in [0.717, 1.165) is 22.5 Å². The molecule has 0 fully saturated rings. The normalized spacial score (nSPS) is 11.1. The zero-order valence-electron chi connectivity index (χ0n) is 39.1. The van der Waals surface area contributed by atoms with Crippen molar-refractivity contribution < 1.29 is 30.0 Å². The number of pyridine rings is 2. The van der Waals surface area contributed by atoms with Crippen LogP contribution in [-0.4, -0.2) is 47.4 Å². The van der Waals surface area contributed by atoms with Crippen molar-refractivity contribution in [2.75, 3.05) is 0 Å². The van der Waals surface area contributed by atoms with Crippen LogP contribution >= 0.6 is 0 Å². The average Bonchev–Trinajstić information content (AvgIpc) is 3.42. The van der Waals surface area contributed by atoms with Gasteiger partial charge in [0.25, 0.3) is 0 Å². The van der Waals surface area contributed by atoms with Crippen LogP contribution in [-0.2, 0) is 24.9 Å². The summed E-state index contributed by atoms with van der Waals surface area (Å²) in [4.78, 5) is 19.0. The average molecular weight is 1210 g/mol. The predicted octanol–water partition coefficient (Wildman–Crippen LogP) is 8.89. The molecule has 70 heavy (non-hydrogen) atoms. The van der Waals surface area contributed by atoms with Crippen LogP contribution in [0.2, 0.25) is 0 Å². The molecule has 0 amide bonds. The van der Waals surface area contributed by atoms with Crippen LogP contribution in [0.5, 0.6) is 0 Å². The van der Waals surface area contributed by atoms with Crippen molar-refractivity contribution in [1.82, 2.24) is 9.97 Å². The molecule has 0 bridgehead atoms. The van der Waals surface area contributed by atoms with E-state index in [4.69, 9.17) is 5.11 Å². The molecular weight excluding hydrogens is 1150 g/mol. The van der Waals surface area contributed by atoms with Gasteiger partial charge in [0.2, 0.25) is 0 Å². The van der Waals surface area contributed by atoms with Crippen molar-refractivity contribution in [2.45, 2.75) is 13.8 Å². The summed E-state index contributed by atoms with van der Waals surface area (Å²) in [5.41, 5.74) is 3.95. The van der Waals surface area contributed by atoms with E-state index in [2.05, 4.69) is 240 Å². The summed E-state index contributed by atoms with van der Waals surface area (Å²) in [6.45, 7) is 2.85. The minimum absolute atomic E-state index is 0. The fourth-order valence-corrected chi connectivity index (χ4v) is 28.8. The Balaban J connectivity index is 0.000000180. The molecular formula is C63H52Ge2IrN2O2-2. The first-order valence-electron chi connectivity index (χ1n) is 23.0. The summed E-state index contributed by atoms with van der Waals surface area (Å²) in [7, 11) is 0. The molecule has 0 saturated heterocycles. The van der Waals surface area contributed by atoms with E-state index in [1.54, 1.807) is 0 Å². The standard InChI is InChI=1S/2C29H22GeN.C5H8O2.Ir/c2*1-4-12-25(13-5-1)30(26-14-6-2-7-15-26,27-16-8-3-9-17-27)28-21-19-24(20-22-28)29-18-10-11-23-31-29;1-4(6)3-5(2)7;/h2*1-19,21-23H;3,6H,1-2H3;/q2*-1;;/b;;4-3-;. The van der Waals surface area contributed by atoms with Crippen LogP contribution in [0.3, 0.4) is 0 Å². The van der Waals surface area contributed by atoms with Crippen molar-refractivity contribution >= 4 is 67.5 Å². The van der Waals surface area contributed by atoms with E-state index in [9.17, 15) is 4.79 Å².